The molecule has 0 radical (unpaired) electrons. The summed E-state index contributed by atoms with van der Waals surface area (Å²) in [5.41, 5.74) is 0.642. The van der Waals surface area contributed by atoms with E-state index in [9.17, 15) is 23.1 Å². The van der Waals surface area contributed by atoms with Crippen molar-refractivity contribution in [2.45, 2.75) is 18.9 Å². The van der Waals surface area contributed by atoms with E-state index < -0.39 is 23.8 Å². The molecule has 1 aromatic carbocycles. The van der Waals surface area contributed by atoms with Crippen LogP contribution in [0.25, 0.3) is 0 Å². The van der Waals surface area contributed by atoms with Gasteiger partial charge in [-0.3, -0.25) is 4.98 Å². The summed E-state index contributed by atoms with van der Waals surface area (Å²) in [6.07, 6.45) is -4.33. The van der Waals surface area contributed by atoms with Crippen molar-refractivity contribution in [1.29, 1.82) is 0 Å². The lowest BCUT2D eigenvalue weighted by Crippen LogP contribution is -2.13. The maximum atomic E-state index is 12.6. The van der Waals surface area contributed by atoms with E-state index in [2.05, 4.69) is 11.6 Å². The number of alkyl halides is 3. The Hall–Kier alpha value is -2.19. The molecule has 0 bridgehead atoms. The Morgan fingerprint density at radius 2 is 2.17 bits per heavy atom. The average molecular weight is 343 g/mol. The Bertz CT molecular complexity index is 698. The fourth-order valence-electron chi connectivity index (χ4n) is 1.72. The predicted molar refractivity (Wildman–Crippen MR) is 77.5 cm³/mol. The zero-order valence-corrected chi connectivity index (χ0v) is 12.5. The number of nitrogens with zero attached hydrogens (tertiary/aromatic N) is 1. The van der Waals surface area contributed by atoms with Crippen LogP contribution in [-0.4, -0.2) is 16.1 Å². The number of aromatic nitrogens is 1. The zero-order valence-electron chi connectivity index (χ0n) is 11.7. The van der Waals surface area contributed by atoms with Crippen molar-refractivity contribution in [1.82, 2.24) is 4.98 Å². The lowest BCUT2D eigenvalue weighted by Gasteiger charge is -2.12. The molecular formula is C15H12F3NO3S. The van der Waals surface area contributed by atoms with Crippen molar-refractivity contribution in [3.8, 4) is 0 Å². The second-order valence-corrected chi connectivity index (χ2v) is 5.52. The fourth-order valence-corrected chi connectivity index (χ4v) is 2.36. The maximum absolute atomic E-state index is 12.6. The van der Waals surface area contributed by atoms with Gasteiger partial charge in [0.25, 0.3) is 0 Å². The highest BCUT2D eigenvalue weighted by molar-refractivity contribution is 7.09. The van der Waals surface area contributed by atoms with Crippen LogP contribution in [0, 0.1) is 0 Å². The molecule has 1 unspecified atom stereocenters. The van der Waals surface area contributed by atoms with Crippen molar-refractivity contribution < 1.29 is 27.8 Å². The number of benzene rings is 1. The molecule has 1 N–H and O–H groups in total. The molecule has 0 amide bonds. The number of aliphatic hydroxyl groups excluding tert-OH is 1. The van der Waals surface area contributed by atoms with Crippen molar-refractivity contribution in [2.75, 3.05) is 0 Å². The Morgan fingerprint density at radius 3 is 2.78 bits per heavy atom. The van der Waals surface area contributed by atoms with Crippen LogP contribution in [0.2, 0.25) is 0 Å². The SMILES string of the molecule is C=C(C(=O)OCc1cccc(C(F)(F)F)c1)C(O)c1cncs1. The summed E-state index contributed by atoms with van der Waals surface area (Å²) in [6, 6.07) is 4.46. The van der Waals surface area contributed by atoms with Crippen LogP contribution >= 0.6 is 11.3 Å². The van der Waals surface area contributed by atoms with Gasteiger partial charge >= 0.3 is 12.1 Å². The van der Waals surface area contributed by atoms with Gasteiger partial charge in [0, 0.05) is 6.20 Å². The van der Waals surface area contributed by atoms with Crippen LogP contribution < -0.4 is 0 Å². The molecule has 122 valence electrons. The van der Waals surface area contributed by atoms with Crippen LogP contribution in [0.15, 0.2) is 48.1 Å². The minimum absolute atomic E-state index is 0.188. The molecule has 2 rings (SSSR count). The number of carbonyl (C=O) groups is 1. The first kappa shape index (κ1) is 17.2. The second kappa shape index (κ2) is 6.93. The molecule has 0 aliphatic heterocycles. The third-order valence-corrected chi connectivity index (χ3v) is 3.77. The summed E-state index contributed by atoms with van der Waals surface area (Å²) in [5.74, 6) is -0.886. The number of hydrogen-bond acceptors (Lipinski definition) is 5. The normalized spacial score (nSPS) is 12.7. The number of thiazole rings is 1. The van der Waals surface area contributed by atoms with E-state index >= 15 is 0 Å². The lowest BCUT2D eigenvalue weighted by atomic mass is 10.1. The molecule has 0 aliphatic carbocycles. The van der Waals surface area contributed by atoms with Gasteiger partial charge in [-0.25, -0.2) is 4.79 Å². The Labute approximate surface area is 133 Å². The van der Waals surface area contributed by atoms with Crippen molar-refractivity contribution >= 4 is 17.3 Å². The summed E-state index contributed by atoms with van der Waals surface area (Å²) >= 11 is 1.14. The zero-order chi connectivity index (χ0) is 17.0. The summed E-state index contributed by atoms with van der Waals surface area (Å²) < 4.78 is 42.7. The van der Waals surface area contributed by atoms with Crippen LogP contribution in [0.5, 0.6) is 0 Å². The first-order valence-corrected chi connectivity index (χ1v) is 7.25. The molecular weight excluding hydrogens is 331 g/mol. The molecule has 23 heavy (non-hydrogen) atoms. The topological polar surface area (TPSA) is 59.4 Å². The van der Waals surface area contributed by atoms with Gasteiger partial charge in [-0.1, -0.05) is 18.7 Å². The van der Waals surface area contributed by atoms with Gasteiger partial charge in [-0.05, 0) is 17.7 Å². The molecule has 1 atom stereocenters. The van der Waals surface area contributed by atoms with Gasteiger partial charge in [0.05, 0.1) is 21.5 Å². The number of ether oxygens (including phenoxy) is 1. The number of aliphatic hydroxyl groups is 1. The van der Waals surface area contributed by atoms with E-state index in [1.807, 2.05) is 0 Å². The highest BCUT2D eigenvalue weighted by Gasteiger charge is 2.30. The molecule has 4 nitrogen and oxygen atoms in total. The third-order valence-electron chi connectivity index (χ3n) is 2.94. The van der Waals surface area contributed by atoms with Gasteiger partial charge in [0.15, 0.2) is 0 Å². The lowest BCUT2D eigenvalue weighted by molar-refractivity contribution is -0.141. The van der Waals surface area contributed by atoms with Gasteiger partial charge in [0.2, 0.25) is 0 Å². The Balaban J connectivity index is 1.98. The summed E-state index contributed by atoms with van der Waals surface area (Å²) in [6.45, 7) is 3.10. The van der Waals surface area contributed by atoms with Crippen LogP contribution in [0.3, 0.4) is 0 Å². The largest absolute Gasteiger partial charge is 0.457 e. The Morgan fingerprint density at radius 1 is 1.43 bits per heavy atom. The standard InChI is InChI=1S/C15H12F3NO3S/c1-9(13(20)12-6-19-8-23-12)14(21)22-7-10-3-2-4-11(5-10)15(16,17)18/h2-6,8,13,20H,1,7H2. The van der Waals surface area contributed by atoms with Gasteiger partial charge < -0.3 is 9.84 Å². The number of halogens is 3. The van der Waals surface area contributed by atoms with E-state index in [4.69, 9.17) is 4.74 Å². The highest BCUT2D eigenvalue weighted by Crippen LogP contribution is 2.30. The minimum Gasteiger partial charge on any atom is -0.457 e. The first-order valence-electron chi connectivity index (χ1n) is 6.37. The maximum Gasteiger partial charge on any atom is 0.416 e. The molecule has 0 aliphatic rings. The fraction of sp³-hybridized carbons (Fsp3) is 0.200. The number of hydrogen-bond donors (Lipinski definition) is 1. The molecule has 0 fully saturated rings. The van der Waals surface area contributed by atoms with E-state index in [0.717, 1.165) is 23.5 Å². The molecule has 0 spiro atoms. The smallest absolute Gasteiger partial charge is 0.416 e. The number of rotatable bonds is 5. The van der Waals surface area contributed by atoms with Gasteiger partial charge in [-0.2, -0.15) is 13.2 Å². The van der Waals surface area contributed by atoms with E-state index in [0.29, 0.717) is 4.88 Å². The number of carbonyl (C=O) groups excluding carboxylic acids is 1. The van der Waals surface area contributed by atoms with Crippen molar-refractivity contribution in [2.24, 2.45) is 0 Å². The van der Waals surface area contributed by atoms with E-state index in [1.54, 1.807) is 0 Å². The monoisotopic (exact) mass is 343 g/mol. The third kappa shape index (κ3) is 4.40. The molecule has 1 aromatic heterocycles. The first-order chi connectivity index (χ1) is 10.8. The summed E-state index contributed by atoms with van der Waals surface area (Å²) in [5, 5.41) is 9.92. The van der Waals surface area contributed by atoms with E-state index in [1.165, 1.54) is 23.8 Å². The summed E-state index contributed by atoms with van der Waals surface area (Å²) in [4.78, 5) is 16.0. The van der Waals surface area contributed by atoms with E-state index in [-0.39, 0.29) is 17.7 Å². The number of esters is 1. The molecule has 8 heteroatoms. The average Bonchev–Trinajstić information content (AvgIpc) is 3.05. The summed E-state index contributed by atoms with van der Waals surface area (Å²) in [7, 11) is 0. The van der Waals surface area contributed by atoms with Crippen molar-refractivity contribution in [3.05, 3.63) is 64.1 Å². The molecule has 0 saturated heterocycles. The quantitative estimate of drug-likeness (QED) is 0.667. The molecule has 0 saturated carbocycles. The molecule has 1 heterocycles. The Kier molecular flexibility index (Phi) is 5.17. The van der Waals surface area contributed by atoms with Gasteiger partial charge in [-0.15, -0.1) is 11.3 Å². The van der Waals surface area contributed by atoms with Crippen LogP contribution in [-0.2, 0) is 22.3 Å². The van der Waals surface area contributed by atoms with Crippen molar-refractivity contribution in [3.63, 3.8) is 0 Å². The van der Waals surface area contributed by atoms with Gasteiger partial charge in [0.1, 0.15) is 12.7 Å². The second-order valence-electron chi connectivity index (χ2n) is 4.61. The van der Waals surface area contributed by atoms with Crippen LogP contribution in [0.4, 0.5) is 13.2 Å². The minimum atomic E-state index is -4.47. The molecule has 2 aromatic rings. The highest BCUT2D eigenvalue weighted by atomic mass is 32.1. The van der Waals surface area contributed by atoms with Crippen LogP contribution in [0.1, 0.15) is 22.1 Å². The predicted octanol–water partition coefficient (Wildman–Crippen LogP) is 3.49.